The fraction of sp³-hybridized carbons (Fsp3) is 0.409. The van der Waals surface area contributed by atoms with Crippen LogP contribution in [0.25, 0.3) is 0 Å². The number of urea groups is 1. The summed E-state index contributed by atoms with van der Waals surface area (Å²) in [5, 5.41) is 3.02. The van der Waals surface area contributed by atoms with E-state index < -0.39 is 5.82 Å². The number of carbonyl (C=O) groups excluding carboxylic acids is 1. The molecule has 0 aromatic heterocycles. The molecule has 0 bridgehead atoms. The molecule has 0 aliphatic heterocycles. The van der Waals surface area contributed by atoms with Crippen molar-refractivity contribution in [2.45, 2.75) is 38.8 Å². The van der Waals surface area contributed by atoms with E-state index in [0.29, 0.717) is 11.5 Å². The van der Waals surface area contributed by atoms with Gasteiger partial charge in [0.15, 0.2) is 11.6 Å². The highest BCUT2D eigenvalue weighted by Crippen LogP contribution is 2.33. The van der Waals surface area contributed by atoms with Gasteiger partial charge >= 0.3 is 6.03 Å². The number of nitrogens with one attached hydrogen (secondary N) is 1. The molecule has 2 unspecified atom stereocenters. The van der Waals surface area contributed by atoms with E-state index in [1.807, 2.05) is 42.2 Å². The Morgan fingerprint density at radius 2 is 1.89 bits per heavy atom. The Hall–Kier alpha value is -2.56. The number of benzene rings is 2. The maximum Gasteiger partial charge on any atom is 0.318 e. The zero-order valence-corrected chi connectivity index (χ0v) is 16.1. The SMILES string of the molecule is COc1ccc(C(C)NC(=O)N(CC2CC2)C(C)c2ccccc2)cc1F. The van der Waals surface area contributed by atoms with Gasteiger partial charge in [-0.15, -0.1) is 0 Å². The lowest BCUT2D eigenvalue weighted by molar-refractivity contribution is 0.172. The van der Waals surface area contributed by atoms with Crippen molar-refractivity contribution in [2.75, 3.05) is 13.7 Å². The fourth-order valence-electron chi connectivity index (χ4n) is 3.21. The van der Waals surface area contributed by atoms with Gasteiger partial charge in [-0.05, 0) is 55.9 Å². The van der Waals surface area contributed by atoms with Gasteiger partial charge in [0.05, 0.1) is 19.2 Å². The van der Waals surface area contributed by atoms with Crippen LogP contribution in [0.1, 0.15) is 49.9 Å². The Morgan fingerprint density at radius 3 is 2.48 bits per heavy atom. The van der Waals surface area contributed by atoms with Gasteiger partial charge in [-0.3, -0.25) is 0 Å². The summed E-state index contributed by atoms with van der Waals surface area (Å²) in [7, 11) is 1.43. The van der Waals surface area contributed by atoms with Crippen LogP contribution in [0.2, 0.25) is 0 Å². The van der Waals surface area contributed by atoms with E-state index in [9.17, 15) is 9.18 Å². The lowest BCUT2D eigenvalue weighted by atomic mass is 10.1. The predicted octanol–water partition coefficient (Wildman–Crippen LogP) is 5.08. The first-order chi connectivity index (χ1) is 13.0. The lowest BCUT2D eigenvalue weighted by Crippen LogP contribution is -2.43. The van der Waals surface area contributed by atoms with Crippen molar-refractivity contribution < 1.29 is 13.9 Å². The third-order valence-corrected chi connectivity index (χ3v) is 5.18. The maximum absolute atomic E-state index is 14.0. The normalized spacial score (nSPS) is 15.7. The smallest absolute Gasteiger partial charge is 0.318 e. The van der Waals surface area contributed by atoms with Crippen molar-refractivity contribution in [3.05, 3.63) is 65.5 Å². The number of amides is 2. The maximum atomic E-state index is 14.0. The molecule has 1 fully saturated rings. The Kier molecular flexibility index (Phi) is 5.99. The molecule has 5 heteroatoms. The van der Waals surface area contributed by atoms with Crippen LogP contribution < -0.4 is 10.1 Å². The van der Waals surface area contributed by atoms with Gasteiger partial charge in [-0.25, -0.2) is 9.18 Å². The van der Waals surface area contributed by atoms with Crippen molar-refractivity contribution in [2.24, 2.45) is 5.92 Å². The van der Waals surface area contributed by atoms with Crippen molar-refractivity contribution in [1.29, 1.82) is 0 Å². The molecule has 2 aromatic carbocycles. The van der Waals surface area contributed by atoms with Gasteiger partial charge in [-0.1, -0.05) is 36.4 Å². The molecule has 2 amide bonds. The van der Waals surface area contributed by atoms with Gasteiger partial charge in [0.25, 0.3) is 0 Å². The van der Waals surface area contributed by atoms with Crippen LogP contribution in [-0.2, 0) is 0 Å². The first-order valence-corrected chi connectivity index (χ1v) is 9.45. The summed E-state index contributed by atoms with van der Waals surface area (Å²) in [4.78, 5) is 14.9. The second-order valence-corrected chi connectivity index (χ2v) is 7.25. The average molecular weight is 370 g/mol. The van der Waals surface area contributed by atoms with Gasteiger partial charge in [-0.2, -0.15) is 0 Å². The number of hydrogen-bond donors (Lipinski definition) is 1. The minimum Gasteiger partial charge on any atom is -0.494 e. The number of halogens is 1. The number of methoxy groups -OCH3 is 1. The third-order valence-electron chi connectivity index (χ3n) is 5.18. The summed E-state index contributed by atoms with van der Waals surface area (Å²) in [6.07, 6.45) is 2.34. The van der Waals surface area contributed by atoms with Gasteiger partial charge < -0.3 is 15.0 Å². The summed E-state index contributed by atoms with van der Waals surface area (Å²) in [6.45, 7) is 4.65. The number of rotatable bonds is 7. The van der Waals surface area contributed by atoms with E-state index in [1.54, 1.807) is 12.1 Å². The number of ether oxygens (including phenoxy) is 1. The molecular formula is C22H27FN2O2. The fourth-order valence-corrected chi connectivity index (χ4v) is 3.21. The highest BCUT2D eigenvalue weighted by molar-refractivity contribution is 5.75. The molecule has 2 atom stereocenters. The average Bonchev–Trinajstić information content (AvgIpc) is 3.50. The molecule has 1 aliphatic rings. The van der Waals surface area contributed by atoms with E-state index in [4.69, 9.17) is 4.74 Å². The molecule has 2 aromatic rings. The molecule has 144 valence electrons. The summed E-state index contributed by atoms with van der Waals surface area (Å²) >= 11 is 0. The topological polar surface area (TPSA) is 41.6 Å². The third kappa shape index (κ3) is 4.79. The molecule has 0 radical (unpaired) electrons. The predicted molar refractivity (Wildman–Crippen MR) is 104 cm³/mol. The molecule has 3 rings (SSSR count). The molecule has 4 nitrogen and oxygen atoms in total. The molecular weight excluding hydrogens is 343 g/mol. The van der Waals surface area contributed by atoms with E-state index in [1.165, 1.54) is 26.0 Å². The molecule has 1 saturated carbocycles. The Balaban J connectivity index is 1.72. The van der Waals surface area contributed by atoms with Crippen LogP contribution in [0.3, 0.4) is 0 Å². The lowest BCUT2D eigenvalue weighted by Gasteiger charge is -2.31. The zero-order chi connectivity index (χ0) is 19.4. The van der Waals surface area contributed by atoms with E-state index in [0.717, 1.165) is 12.1 Å². The summed E-state index contributed by atoms with van der Waals surface area (Å²) in [6, 6.07) is 14.4. The standard InChI is InChI=1S/C22H27FN2O2/c1-15(19-11-12-21(27-3)20(23)13-19)24-22(26)25(14-17-9-10-17)16(2)18-7-5-4-6-8-18/h4-8,11-13,15-17H,9-10,14H2,1-3H3,(H,24,26). The van der Waals surface area contributed by atoms with Crippen LogP contribution in [0.4, 0.5) is 9.18 Å². The highest BCUT2D eigenvalue weighted by Gasteiger charge is 2.30. The molecule has 27 heavy (non-hydrogen) atoms. The minimum absolute atomic E-state index is 0.0217. The summed E-state index contributed by atoms with van der Waals surface area (Å²) in [5.74, 6) is 0.351. The zero-order valence-electron chi connectivity index (χ0n) is 16.1. The Morgan fingerprint density at radius 1 is 1.19 bits per heavy atom. The van der Waals surface area contributed by atoms with Crippen molar-refractivity contribution >= 4 is 6.03 Å². The first kappa shape index (κ1) is 19.2. The van der Waals surface area contributed by atoms with Crippen LogP contribution in [0.5, 0.6) is 5.75 Å². The number of hydrogen-bond acceptors (Lipinski definition) is 2. The molecule has 1 aliphatic carbocycles. The quantitative estimate of drug-likeness (QED) is 0.739. The second-order valence-electron chi connectivity index (χ2n) is 7.25. The second kappa shape index (κ2) is 8.42. The number of carbonyl (C=O) groups is 1. The van der Waals surface area contributed by atoms with Gasteiger partial charge in [0.2, 0.25) is 0 Å². The molecule has 1 N–H and O–H groups in total. The van der Waals surface area contributed by atoms with Crippen molar-refractivity contribution in [3.63, 3.8) is 0 Å². The first-order valence-electron chi connectivity index (χ1n) is 9.45. The largest absolute Gasteiger partial charge is 0.494 e. The van der Waals surface area contributed by atoms with Crippen LogP contribution >= 0.6 is 0 Å². The van der Waals surface area contributed by atoms with E-state index in [-0.39, 0.29) is 23.9 Å². The monoisotopic (exact) mass is 370 g/mol. The van der Waals surface area contributed by atoms with Crippen LogP contribution in [0.15, 0.2) is 48.5 Å². The summed E-state index contributed by atoms with van der Waals surface area (Å²) in [5.41, 5.74) is 1.82. The highest BCUT2D eigenvalue weighted by atomic mass is 19.1. The van der Waals surface area contributed by atoms with Crippen molar-refractivity contribution in [3.8, 4) is 5.75 Å². The number of nitrogens with zero attached hydrogens (tertiary/aromatic N) is 1. The van der Waals surface area contributed by atoms with Gasteiger partial charge in [0.1, 0.15) is 0 Å². The van der Waals surface area contributed by atoms with E-state index >= 15 is 0 Å². The van der Waals surface area contributed by atoms with Crippen LogP contribution in [0, 0.1) is 11.7 Å². The Labute approximate surface area is 160 Å². The Bertz CT molecular complexity index is 777. The molecule has 0 heterocycles. The molecule has 0 saturated heterocycles. The van der Waals surface area contributed by atoms with Crippen molar-refractivity contribution in [1.82, 2.24) is 10.2 Å². The van der Waals surface area contributed by atoms with E-state index in [2.05, 4.69) is 12.2 Å². The van der Waals surface area contributed by atoms with Gasteiger partial charge in [0, 0.05) is 6.54 Å². The minimum atomic E-state index is -0.427. The van der Waals surface area contributed by atoms with Crippen LogP contribution in [-0.4, -0.2) is 24.6 Å². The summed E-state index contributed by atoms with van der Waals surface area (Å²) < 4.78 is 18.9. The molecule has 0 spiro atoms.